The molecular weight excluding hydrogens is 186 g/mol. The van der Waals surface area contributed by atoms with Crippen molar-refractivity contribution in [1.82, 2.24) is 4.90 Å². The molecule has 0 saturated carbocycles. The highest BCUT2D eigenvalue weighted by molar-refractivity contribution is 6.17. The van der Waals surface area contributed by atoms with Gasteiger partial charge in [0.05, 0.1) is 0 Å². The molecule has 1 aliphatic heterocycles. The van der Waals surface area contributed by atoms with Gasteiger partial charge in [0.1, 0.15) is 0 Å². The van der Waals surface area contributed by atoms with Crippen molar-refractivity contribution >= 4 is 11.6 Å². The van der Waals surface area contributed by atoms with Crippen molar-refractivity contribution in [2.75, 3.05) is 39.2 Å². The largest absolute Gasteiger partial charge is 0.381 e. The summed E-state index contributed by atoms with van der Waals surface area (Å²) < 4.78 is 5.32. The summed E-state index contributed by atoms with van der Waals surface area (Å²) in [7, 11) is 2.18. The van der Waals surface area contributed by atoms with Crippen molar-refractivity contribution in [3.63, 3.8) is 0 Å². The lowest BCUT2D eigenvalue weighted by Crippen LogP contribution is -2.30. The number of hydrogen-bond donors (Lipinski definition) is 0. The van der Waals surface area contributed by atoms with E-state index in [4.69, 9.17) is 16.3 Å². The zero-order valence-electron chi connectivity index (χ0n) is 8.47. The second-order valence-corrected chi connectivity index (χ2v) is 4.24. The van der Waals surface area contributed by atoms with Crippen molar-refractivity contribution in [2.45, 2.75) is 19.3 Å². The van der Waals surface area contributed by atoms with Gasteiger partial charge in [-0.25, -0.2) is 0 Å². The van der Waals surface area contributed by atoms with Gasteiger partial charge >= 0.3 is 0 Å². The third-order valence-corrected chi connectivity index (χ3v) is 2.85. The maximum absolute atomic E-state index is 5.64. The Balaban J connectivity index is 2.07. The van der Waals surface area contributed by atoms with Gasteiger partial charge in [-0.3, -0.25) is 0 Å². The van der Waals surface area contributed by atoms with E-state index in [1.807, 2.05) is 0 Å². The Labute approximate surface area is 86.2 Å². The lowest BCUT2D eigenvalue weighted by Gasteiger charge is -2.26. The van der Waals surface area contributed by atoms with Crippen LogP contribution in [0.5, 0.6) is 0 Å². The molecule has 2 nitrogen and oxygen atoms in total. The molecule has 0 radical (unpaired) electrons. The van der Waals surface area contributed by atoms with Crippen molar-refractivity contribution in [2.24, 2.45) is 5.92 Å². The maximum atomic E-state index is 5.64. The quantitative estimate of drug-likeness (QED) is 0.637. The molecule has 13 heavy (non-hydrogen) atoms. The average Bonchev–Trinajstić information content (AvgIpc) is 2.16. The van der Waals surface area contributed by atoms with Crippen molar-refractivity contribution in [1.29, 1.82) is 0 Å². The van der Waals surface area contributed by atoms with E-state index in [2.05, 4.69) is 11.9 Å². The monoisotopic (exact) mass is 205 g/mol. The van der Waals surface area contributed by atoms with Crippen LogP contribution in [0.25, 0.3) is 0 Å². The smallest absolute Gasteiger partial charge is 0.0469 e. The van der Waals surface area contributed by atoms with Gasteiger partial charge in [0, 0.05) is 25.6 Å². The third kappa shape index (κ3) is 4.84. The highest BCUT2D eigenvalue weighted by Gasteiger charge is 2.15. The average molecular weight is 206 g/mol. The van der Waals surface area contributed by atoms with Crippen LogP contribution in [0.1, 0.15) is 19.3 Å². The van der Waals surface area contributed by atoms with E-state index >= 15 is 0 Å². The molecule has 0 spiro atoms. The molecule has 78 valence electrons. The Morgan fingerprint density at radius 2 is 2.08 bits per heavy atom. The Morgan fingerprint density at radius 1 is 1.38 bits per heavy atom. The van der Waals surface area contributed by atoms with Crippen LogP contribution in [-0.2, 0) is 4.74 Å². The predicted molar refractivity (Wildman–Crippen MR) is 56.4 cm³/mol. The summed E-state index contributed by atoms with van der Waals surface area (Å²) in [6.45, 7) is 4.24. The van der Waals surface area contributed by atoms with Gasteiger partial charge in [-0.05, 0) is 38.8 Å². The second kappa shape index (κ2) is 6.63. The number of nitrogens with zero attached hydrogens (tertiary/aromatic N) is 1. The SMILES string of the molecule is CN(CCCCl)CC1CCOCC1. The first kappa shape index (κ1) is 11.3. The van der Waals surface area contributed by atoms with E-state index in [9.17, 15) is 0 Å². The summed E-state index contributed by atoms with van der Waals surface area (Å²) >= 11 is 5.64. The van der Waals surface area contributed by atoms with Gasteiger partial charge in [-0.2, -0.15) is 0 Å². The normalized spacial score (nSPS) is 19.6. The van der Waals surface area contributed by atoms with Gasteiger partial charge in [-0.15, -0.1) is 11.6 Å². The lowest BCUT2D eigenvalue weighted by molar-refractivity contribution is 0.0558. The van der Waals surface area contributed by atoms with Crippen LogP contribution >= 0.6 is 11.6 Å². The fraction of sp³-hybridized carbons (Fsp3) is 1.00. The minimum Gasteiger partial charge on any atom is -0.381 e. The number of halogens is 1. The molecule has 0 bridgehead atoms. The third-order valence-electron chi connectivity index (χ3n) is 2.58. The molecule has 0 aromatic heterocycles. The van der Waals surface area contributed by atoms with Gasteiger partial charge in [0.2, 0.25) is 0 Å². The molecule has 0 unspecified atom stereocenters. The zero-order valence-corrected chi connectivity index (χ0v) is 9.22. The summed E-state index contributed by atoms with van der Waals surface area (Å²) in [5, 5.41) is 0. The topological polar surface area (TPSA) is 12.5 Å². The van der Waals surface area contributed by atoms with Crippen molar-refractivity contribution in [3.05, 3.63) is 0 Å². The lowest BCUT2D eigenvalue weighted by atomic mass is 10.00. The molecule has 3 heteroatoms. The molecule has 1 rings (SSSR count). The molecule has 0 atom stereocenters. The van der Waals surface area contributed by atoms with E-state index in [1.54, 1.807) is 0 Å². The summed E-state index contributed by atoms with van der Waals surface area (Å²) in [4.78, 5) is 2.39. The summed E-state index contributed by atoms with van der Waals surface area (Å²) in [5.74, 6) is 1.62. The van der Waals surface area contributed by atoms with Gasteiger partial charge in [-0.1, -0.05) is 0 Å². The van der Waals surface area contributed by atoms with Crippen LogP contribution in [0.15, 0.2) is 0 Å². The van der Waals surface area contributed by atoms with E-state index < -0.39 is 0 Å². The highest BCUT2D eigenvalue weighted by Crippen LogP contribution is 2.15. The van der Waals surface area contributed by atoms with Crippen LogP contribution < -0.4 is 0 Å². The van der Waals surface area contributed by atoms with Gasteiger partial charge < -0.3 is 9.64 Å². The first-order valence-corrected chi connectivity index (χ1v) is 5.68. The van der Waals surface area contributed by atoms with Crippen LogP contribution in [-0.4, -0.2) is 44.1 Å². The van der Waals surface area contributed by atoms with Crippen molar-refractivity contribution in [3.8, 4) is 0 Å². The Bertz CT molecular complexity index is 126. The number of ether oxygens (including phenoxy) is 1. The molecule has 0 aromatic rings. The first-order chi connectivity index (χ1) is 6.33. The molecule has 0 aromatic carbocycles. The van der Waals surface area contributed by atoms with Gasteiger partial charge in [0.15, 0.2) is 0 Å². The first-order valence-electron chi connectivity index (χ1n) is 5.15. The Kier molecular flexibility index (Phi) is 5.76. The number of hydrogen-bond acceptors (Lipinski definition) is 2. The van der Waals surface area contributed by atoms with E-state index in [1.165, 1.54) is 19.4 Å². The molecule has 1 saturated heterocycles. The summed E-state index contributed by atoms with van der Waals surface area (Å²) in [6, 6.07) is 0. The summed E-state index contributed by atoms with van der Waals surface area (Å²) in [5.41, 5.74) is 0. The van der Waals surface area contributed by atoms with Gasteiger partial charge in [0.25, 0.3) is 0 Å². The Morgan fingerprint density at radius 3 is 2.69 bits per heavy atom. The van der Waals surface area contributed by atoms with E-state index in [0.717, 1.165) is 38.0 Å². The molecule has 0 N–H and O–H groups in total. The van der Waals surface area contributed by atoms with Crippen LogP contribution in [0.2, 0.25) is 0 Å². The molecule has 1 fully saturated rings. The fourth-order valence-electron chi connectivity index (χ4n) is 1.79. The molecule has 0 amide bonds. The van der Waals surface area contributed by atoms with Crippen molar-refractivity contribution < 1.29 is 4.74 Å². The zero-order chi connectivity index (χ0) is 9.52. The number of alkyl halides is 1. The predicted octanol–water partition coefficient (Wildman–Crippen LogP) is 1.97. The minimum atomic E-state index is 0.776. The Hall–Kier alpha value is 0.210. The molecular formula is C10H20ClNO. The standard InChI is InChI=1S/C10H20ClNO/c1-12(6-2-5-11)9-10-3-7-13-8-4-10/h10H,2-9H2,1H3. The molecule has 1 heterocycles. The van der Waals surface area contributed by atoms with Crippen LogP contribution in [0.3, 0.4) is 0 Å². The highest BCUT2D eigenvalue weighted by atomic mass is 35.5. The van der Waals surface area contributed by atoms with E-state index in [0.29, 0.717) is 0 Å². The van der Waals surface area contributed by atoms with Crippen LogP contribution in [0.4, 0.5) is 0 Å². The van der Waals surface area contributed by atoms with E-state index in [-0.39, 0.29) is 0 Å². The second-order valence-electron chi connectivity index (χ2n) is 3.86. The molecule has 0 aliphatic carbocycles. The molecule has 1 aliphatic rings. The minimum absolute atomic E-state index is 0.776. The van der Waals surface area contributed by atoms with Crippen LogP contribution in [0, 0.1) is 5.92 Å². The maximum Gasteiger partial charge on any atom is 0.0469 e. The fourth-order valence-corrected chi connectivity index (χ4v) is 1.91. The summed E-state index contributed by atoms with van der Waals surface area (Å²) in [6.07, 6.45) is 3.55. The number of rotatable bonds is 5.